The number of aliphatic carboxylic acids is 1. The standard InChI is InChI=1S/C22H31N3O5/c1-13(10-15(21(26)27)6-8-25-9-7-24-12-25)4-5-16-19(23)18-17(11-30-22(18)28)14(2)20(16)29-3/h4,15,24H,5-12,23H2,1-3H3,(H,26,27)/b13-4+. The molecule has 2 aliphatic rings. The first-order valence-electron chi connectivity index (χ1n) is 10.3. The number of carbonyl (C=O) groups excluding carboxylic acids is 1. The number of carboxylic acids is 1. The van der Waals surface area contributed by atoms with Crippen LogP contribution >= 0.6 is 0 Å². The molecule has 0 amide bonds. The van der Waals surface area contributed by atoms with Gasteiger partial charge in [0.15, 0.2) is 0 Å². The number of benzene rings is 1. The second kappa shape index (κ2) is 9.49. The third kappa shape index (κ3) is 4.60. The van der Waals surface area contributed by atoms with Crippen LogP contribution in [-0.4, -0.2) is 55.4 Å². The largest absolute Gasteiger partial charge is 0.496 e. The Labute approximate surface area is 177 Å². The summed E-state index contributed by atoms with van der Waals surface area (Å²) in [6.45, 7) is 7.54. The van der Waals surface area contributed by atoms with Crippen molar-refractivity contribution in [2.24, 2.45) is 5.92 Å². The topological polar surface area (TPSA) is 114 Å². The highest BCUT2D eigenvalue weighted by Gasteiger charge is 2.30. The molecular weight excluding hydrogens is 386 g/mol. The Morgan fingerprint density at radius 2 is 2.23 bits per heavy atom. The van der Waals surface area contributed by atoms with E-state index in [4.69, 9.17) is 15.2 Å². The zero-order valence-electron chi connectivity index (χ0n) is 17.9. The Balaban J connectivity index is 1.74. The molecule has 0 saturated carbocycles. The minimum atomic E-state index is -0.775. The van der Waals surface area contributed by atoms with Gasteiger partial charge in [0.05, 0.1) is 24.3 Å². The number of allylic oxidation sites excluding steroid dienone is 2. The fourth-order valence-electron chi connectivity index (χ4n) is 4.23. The summed E-state index contributed by atoms with van der Waals surface area (Å²) in [5, 5.41) is 12.9. The molecule has 164 valence electrons. The summed E-state index contributed by atoms with van der Waals surface area (Å²) in [5.41, 5.74) is 10.5. The van der Waals surface area contributed by atoms with E-state index in [1.807, 2.05) is 19.9 Å². The van der Waals surface area contributed by atoms with Crippen molar-refractivity contribution in [1.82, 2.24) is 10.2 Å². The molecule has 0 radical (unpaired) electrons. The van der Waals surface area contributed by atoms with E-state index in [2.05, 4.69) is 10.2 Å². The first kappa shape index (κ1) is 22.1. The molecule has 2 aliphatic heterocycles. The van der Waals surface area contributed by atoms with Crippen LogP contribution < -0.4 is 15.8 Å². The zero-order chi connectivity index (χ0) is 21.8. The summed E-state index contributed by atoms with van der Waals surface area (Å²) in [5.74, 6) is -0.955. The Morgan fingerprint density at radius 1 is 1.47 bits per heavy atom. The molecule has 1 atom stereocenters. The summed E-state index contributed by atoms with van der Waals surface area (Å²) in [6.07, 6.45) is 3.53. The van der Waals surface area contributed by atoms with E-state index in [0.29, 0.717) is 36.3 Å². The smallest absolute Gasteiger partial charge is 0.341 e. The molecule has 2 heterocycles. The van der Waals surface area contributed by atoms with Gasteiger partial charge in [-0.1, -0.05) is 11.6 Å². The van der Waals surface area contributed by atoms with E-state index in [1.165, 1.54) is 0 Å². The molecule has 0 aliphatic carbocycles. The third-order valence-electron chi connectivity index (χ3n) is 6.03. The van der Waals surface area contributed by atoms with Gasteiger partial charge in [-0.05, 0) is 38.7 Å². The highest BCUT2D eigenvalue weighted by atomic mass is 16.5. The number of rotatable bonds is 9. The van der Waals surface area contributed by atoms with Gasteiger partial charge in [0.2, 0.25) is 0 Å². The number of esters is 1. The number of nitrogen functional groups attached to an aromatic ring is 1. The number of hydrogen-bond acceptors (Lipinski definition) is 7. The molecular formula is C22H31N3O5. The lowest BCUT2D eigenvalue weighted by Crippen LogP contribution is -2.27. The monoisotopic (exact) mass is 417 g/mol. The van der Waals surface area contributed by atoms with Crippen molar-refractivity contribution < 1.29 is 24.2 Å². The van der Waals surface area contributed by atoms with Gasteiger partial charge in [-0.25, -0.2) is 4.79 Å². The quantitative estimate of drug-likeness (QED) is 0.318. The number of methoxy groups -OCH3 is 1. The van der Waals surface area contributed by atoms with Crippen LogP contribution in [0.2, 0.25) is 0 Å². The number of carbonyl (C=O) groups is 2. The number of fused-ring (bicyclic) bond motifs is 1. The van der Waals surface area contributed by atoms with Gasteiger partial charge >= 0.3 is 11.9 Å². The SMILES string of the molecule is COc1c(C)c2c(c(N)c1C/C=C(\C)CC(CCN1CCNC1)C(=O)O)C(=O)OC2. The molecule has 1 aromatic rings. The van der Waals surface area contributed by atoms with Gasteiger partial charge in [0.25, 0.3) is 0 Å². The van der Waals surface area contributed by atoms with Gasteiger partial charge < -0.3 is 25.6 Å². The number of nitrogens with two attached hydrogens (primary N) is 1. The van der Waals surface area contributed by atoms with Crippen LogP contribution in [-0.2, 0) is 22.6 Å². The highest BCUT2D eigenvalue weighted by molar-refractivity contribution is 6.00. The van der Waals surface area contributed by atoms with E-state index in [0.717, 1.165) is 48.6 Å². The normalized spacial score (nSPS) is 17.7. The lowest BCUT2D eigenvalue weighted by Gasteiger charge is -2.19. The molecule has 0 spiro atoms. The molecule has 0 aromatic heterocycles. The van der Waals surface area contributed by atoms with E-state index >= 15 is 0 Å². The molecule has 8 nitrogen and oxygen atoms in total. The van der Waals surface area contributed by atoms with Crippen molar-refractivity contribution in [2.75, 3.05) is 39.1 Å². The van der Waals surface area contributed by atoms with Gasteiger partial charge in [-0.15, -0.1) is 0 Å². The lowest BCUT2D eigenvalue weighted by molar-refractivity contribution is -0.142. The molecule has 1 unspecified atom stereocenters. The number of cyclic esters (lactones) is 1. The number of nitrogens with one attached hydrogen (secondary N) is 1. The number of nitrogens with zero attached hydrogens (tertiary/aromatic N) is 1. The Bertz CT molecular complexity index is 859. The average Bonchev–Trinajstić information content (AvgIpc) is 3.36. The number of hydrogen-bond donors (Lipinski definition) is 3. The molecule has 1 saturated heterocycles. The van der Waals surface area contributed by atoms with E-state index in [-0.39, 0.29) is 6.61 Å². The maximum atomic E-state index is 12.1. The minimum Gasteiger partial charge on any atom is -0.496 e. The van der Waals surface area contributed by atoms with Gasteiger partial charge in [-0.2, -0.15) is 0 Å². The van der Waals surface area contributed by atoms with Crippen LogP contribution in [0.1, 0.15) is 46.8 Å². The summed E-state index contributed by atoms with van der Waals surface area (Å²) in [7, 11) is 1.58. The third-order valence-corrected chi connectivity index (χ3v) is 6.03. The van der Waals surface area contributed by atoms with Crippen LogP contribution in [0.3, 0.4) is 0 Å². The van der Waals surface area contributed by atoms with Crippen LogP contribution in [0.4, 0.5) is 5.69 Å². The average molecular weight is 418 g/mol. The van der Waals surface area contributed by atoms with Gasteiger partial charge in [-0.3, -0.25) is 9.69 Å². The second-order valence-corrected chi connectivity index (χ2v) is 8.04. The van der Waals surface area contributed by atoms with E-state index in [1.54, 1.807) is 7.11 Å². The first-order chi connectivity index (χ1) is 14.3. The molecule has 8 heteroatoms. The van der Waals surface area contributed by atoms with Crippen molar-refractivity contribution >= 4 is 17.6 Å². The summed E-state index contributed by atoms with van der Waals surface area (Å²) in [4.78, 5) is 26.1. The molecule has 4 N–H and O–H groups in total. The van der Waals surface area contributed by atoms with Crippen LogP contribution in [0, 0.1) is 12.8 Å². The van der Waals surface area contributed by atoms with Crippen molar-refractivity contribution in [3.63, 3.8) is 0 Å². The fraction of sp³-hybridized carbons (Fsp3) is 0.545. The highest BCUT2D eigenvalue weighted by Crippen LogP contribution is 2.39. The summed E-state index contributed by atoms with van der Waals surface area (Å²) >= 11 is 0. The number of anilines is 1. The molecule has 30 heavy (non-hydrogen) atoms. The van der Waals surface area contributed by atoms with Crippen LogP contribution in [0.25, 0.3) is 0 Å². The number of carboxylic acid groups (broad SMARTS) is 1. The number of ether oxygens (including phenoxy) is 2. The summed E-state index contributed by atoms with van der Waals surface area (Å²) < 4.78 is 10.7. The summed E-state index contributed by atoms with van der Waals surface area (Å²) in [6, 6.07) is 0. The maximum Gasteiger partial charge on any atom is 0.341 e. The van der Waals surface area contributed by atoms with Gasteiger partial charge in [0.1, 0.15) is 12.4 Å². The van der Waals surface area contributed by atoms with Crippen LogP contribution in [0.15, 0.2) is 11.6 Å². The van der Waals surface area contributed by atoms with Crippen molar-refractivity contribution in [3.05, 3.63) is 33.9 Å². The van der Waals surface area contributed by atoms with E-state index < -0.39 is 17.9 Å². The zero-order valence-corrected chi connectivity index (χ0v) is 17.9. The predicted molar refractivity (Wildman–Crippen MR) is 114 cm³/mol. The minimum absolute atomic E-state index is 0.211. The molecule has 1 aromatic carbocycles. The van der Waals surface area contributed by atoms with Crippen molar-refractivity contribution in [2.45, 2.75) is 39.7 Å². The molecule has 1 fully saturated rings. The predicted octanol–water partition coefficient (Wildman–Crippen LogP) is 2.09. The maximum absolute atomic E-state index is 12.1. The Morgan fingerprint density at radius 3 is 2.87 bits per heavy atom. The lowest BCUT2D eigenvalue weighted by atomic mass is 9.92. The second-order valence-electron chi connectivity index (χ2n) is 8.04. The molecule has 3 rings (SSSR count). The van der Waals surface area contributed by atoms with Crippen molar-refractivity contribution in [1.29, 1.82) is 0 Å². The van der Waals surface area contributed by atoms with E-state index in [9.17, 15) is 14.7 Å². The molecule has 0 bridgehead atoms. The first-order valence-corrected chi connectivity index (χ1v) is 10.3. The van der Waals surface area contributed by atoms with Crippen molar-refractivity contribution in [3.8, 4) is 5.75 Å². The van der Waals surface area contributed by atoms with Gasteiger partial charge in [0, 0.05) is 37.4 Å². The Hall–Kier alpha value is -2.58. The van der Waals surface area contributed by atoms with Crippen LogP contribution in [0.5, 0.6) is 5.75 Å². The Kier molecular flexibility index (Phi) is 6.99. The fourth-order valence-corrected chi connectivity index (χ4v) is 4.23.